The number of amides is 2. The maximum absolute atomic E-state index is 13.0. The maximum Gasteiger partial charge on any atom is 0.410 e. The molecule has 0 bridgehead atoms. The molecule has 1 unspecified atom stereocenters. The van der Waals surface area contributed by atoms with Gasteiger partial charge in [-0.15, -0.1) is 0 Å². The quantitative estimate of drug-likeness (QED) is 0.652. The van der Waals surface area contributed by atoms with Crippen molar-refractivity contribution >= 4 is 28.6 Å². The molecule has 4 rings (SSSR count). The standard InChI is InChI=1S/C24H28N4O4/c1-24(2,3)32-23(30)27-13-11-16(15-27)28-14-12-21(26-28)25-22(29)19-9-10-20(31-4)18-8-6-5-7-17(18)19/h5-10,12,14,16H,11,13,15H2,1-4H3,(H,25,26,29). The molecule has 2 aromatic carbocycles. The van der Waals surface area contributed by atoms with Gasteiger partial charge in [-0.3, -0.25) is 9.48 Å². The number of aromatic nitrogens is 2. The summed E-state index contributed by atoms with van der Waals surface area (Å²) in [5.74, 6) is 0.943. The van der Waals surface area contributed by atoms with Crippen LogP contribution in [0.1, 0.15) is 43.6 Å². The van der Waals surface area contributed by atoms with Crippen LogP contribution in [0, 0.1) is 0 Å². The second kappa shape index (κ2) is 8.53. The summed E-state index contributed by atoms with van der Waals surface area (Å²) >= 11 is 0. The predicted molar refractivity (Wildman–Crippen MR) is 122 cm³/mol. The Morgan fingerprint density at radius 1 is 1.09 bits per heavy atom. The molecule has 1 N–H and O–H groups in total. The topological polar surface area (TPSA) is 85.7 Å². The van der Waals surface area contributed by atoms with Crippen molar-refractivity contribution in [3.05, 3.63) is 54.2 Å². The molecule has 2 heterocycles. The SMILES string of the molecule is COc1ccc(C(=O)Nc2ccn(C3CCN(C(=O)OC(C)(C)C)C3)n2)c2ccccc12. The van der Waals surface area contributed by atoms with E-state index in [0.29, 0.717) is 24.5 Å². The minimum absolute atomic E-state index is 0.0370. The van der Waals surface area contributed by atoms with E-state index < -0.39 is 5.60 Å². The highest BCUT2D eigenvalue weighted by Crippen LogP contribution is 2.29. The number of carbonyl (C=O) groups is 2. The Kier molecular flexibility index (Phi) is 5.78. The van der Waals surface area contributed by atoms with Gasteiger partial charge in [0.15, 0.2) is 5.82 Å². The van der Waals surface area contributed by atoms with E-state index in [0.717, 1.165) is 22.9 Å². The average Bonchev–Trinajstić information content (AvgIpc) is 3.41. The lowest BCUT2D eigenvalue weighted by molar-refractivity contribution is 0.0288. The lowest BCUT2D eigenvalue weighted by Gasteiger charge is -2.24. The highest BCUT2D eigenvalue weighted by atomic mass is 16.6. The van der Waals surface area contributed by atoms with Crippen molar-refractivity contribution in [1.82, 2.24) is 14.7 Å². The monoisotopic (exact) mass is 436 g/mol. The van der Waals surface area contributed by atoms with Crippen LogP contribution in [0.4, 0.5) is 10.6 Å². The minimum Gasteiger partial charge on any atom is -0.496 e. The van der Waals surface area contributed by atoms with Crippen LogP contribution in [0.5, 0.6) is 5.75 Å². The summed E-state index contributed by atoms with van der Waals surface area (Å²) in [4.78, 5) is 27.0. The molecule has 2 amide bonds. The molecule has 0 radical (unpaired) electrons. The summed E-state index contributed by atoms with van der Waals surface area (Å²) in [6.45, 7) is 6.69. The van der Waals surface area contributed by atoms with E-state index >= 15 is 0 Å². The summed E-state index contributed by atoms with van der Waals surface area (Å²) in [6, 6.07) is 13.0. The molecular formula is C24H28N4O4. The minimum atomic E-state index is -0.524. The van der Waals surface area contributed by atoms with Gasteiger partial charge in [0.2, 0.25) is 0 Å². The molecule has 1 aliphatic rings. The van der Waals surface area contributed by atoms with Gasteiger partial charge in [-0.05, 0) is 44.7 Å². The summed E-state index contributed by atoms with van der Waals surface area (Å²) in [5, 5.41) is 9.09. The molecule has 8 heteroatoms. The molecule has 1 aromatic heterocycles. The van der Waals surface area contributed by atoms with Gasteiger partial charge in [-0.2, -0.15) is 5.10 Å². The van der Waals surface area contributed by atoms with E-state index in [1.54, 1.807) is 34.9 Å². The molecule has 1 saturated heterocycles. The average molecular weight is 437 g/mol. The highest BCUT2D eigenvalue weighted by molar-refractivity contribution is 6.13. The van der Waals surface area contributed by atoms with Crippen molar-refractivity contribution in [3.8, 4) is 5.75 Å². The summed E-state index contributed by atoms with van der Waals surface area (Å²) < 4.78 is 12.7. The molecule has 1 fully saturated rings. The van der Waals surface area contributed by atoms with Crippen LogP contribution in [0.25, 0.3) is 10.8 Å². The van der Waals surface area contributed by atoms with Crippen molar-refractivity contribution in [3.63, 3.8) is 0 Å². The lowest BCUT2D eigenvalue weighted by Crippen LogP contribution is -2.35. The number of fused-ring (bicyclic) bond motifs is 1. The van der Waals surface area contributed by atoms with Crippen LogP contribution in [-0.4, -0.2) is 52.5 Å². The number of benzene rings is 2. The second-order valence-corrected chi connectivity index (χ2v) is 8.86. The van der Waals surface area contributed by atoms with Gasteiger partial charge >= 0.3 is 6.09 Å². The van der Waals surface area contributed by atoms with Crippen molar-refractivity contribution < 1.29 is 19.1 Å². The Morgan fingerprint density at radius 3 is 2.56 bits per heavy atom. The van der Waals surface area contributed by atoms with E-state index in [4.69, 9.17) is 9.47 Å². The van der Waals surface area contributed by atoms with E-state index in [-0.39, 0.29) is 18.0 Å². The Bertz CT molecular complexity index is 1150. The van der Waals surface area contributed by atoms with Crippen LogP contribution in [0.2, 0.25) is 0 Å². The number of ether oxygens (including phenoxy) is 2. The lowest BCUT2D eigenvalue weighted by atomic mass is 10.0. The number of likely N-dealkylation sites (tertiary alicyclic amines) is 1. The number of methoxy groups -OCH3 is 1. The molecule has 3 aromatic rings. The van der Waals surface area contributed by atoms with Crippen LogP contribution >= 0.6 is 0 Å². The molecular weight excluding hydrogens is 408 g/mol. The number of nitrogens with one attached hydrogen (secondary N) is 1. The molecule has 1 atom stereocenters. The first-order chi connectivity index (χ1) is 15.2. The molecule has 8 nitrogen and oxygen atoms in total. The van der Waals surface area contributed by atoms with Gasteiger partial charge in [-0.25, -0.2) is 4.79 Å². The van der Waals surface area contributed by atoms with Gasteiger partial charge < -0.3 is 19.7 Å². The smallest absolute Gasteiger partial charge is 0.410 e. The van der Waals surface area contributed by atoms with Crippen LogP contribution in [0.15, 0.2) is 48.7 Å². The molecule has 0 spiro atoms. The van der Waals surface area contributed by atoms with Crippen molar-refractivity contribution in [2.45, 2.75) is 38.8 Å². The first-order valence-electron chi connectivity index (χ1n) is 10.7. The fraction of sp³-hybridized carbons (Fsp3) is 0.375. The van der Waals surface area contributed by atoms with Gasteiger partial charge in [0.05, 0.1) is 13.2 Å². The van der Waals surface area contributed by atoms with Gasteiger partial charge in [-0.1, -0.05) is 24.3 Å². The van der Waals surface area contributed by atoms with Gasteiger partial charge in [0.25, 0.3) is 5.91 Å². The first kappa shape index (κ1) is 21.7. The Hall–Kier alpha value is -3.55. The number of hydrogen-bond acceptors (Lipinski definition) is 5. The van der Waals surface area contributed by atoms with E-state index in [1.165, 1.54) is 0 Å². The molecule has 168 valence electrons. The zero-order valence-corrected chi connectivity index (χ0v) is 18.8. The van der Waals surface area contributed by atoms with E-state index in [9.17, 15) is 9.59 Å². The Morgan fingerprint density at radius 2 is 1.84 bits per heavy atom. The highest BCUT2D eigenvalue weighted by Gasteiger charge is 2.31. The summed E-state index contributed by atoms with van der Waals surface area (Å²) in [7, 11) is 1.61. The van der Waals surface area contributed by atoms with Crippen molar-refractivity contribution in [2.75, 3.05) is 25.5 Å². The normalized spacial score (nSPS) is 16.2. The molecule has 1 aliphatic heterocycles. The van der Waals surface area contributed by atoms with Crippen LogP contribution in [0.3, 0.4) is 0 Å². The molecule has 0 saturated carbocycles. The van der Waals surface area contributed by atoms with Gasteiger partial charge in [0.1, 0.15) is 11.4 Å². The number of hydrogen-bond donors (Lipinski definition) is 1. The number of carbonyl (C=O) groups excluding carboxylic acids is 2. The zero-order valence-electron chi connectivity index (χ0n) is 18.8. The van der Waals surface area contributed by atoms with E-state index in [1.807, 2.05) is 51.2 Å². The maximum atomic E-state index is 13.0. The number of rotatable bonds is 4. The fourth-order valence-corrected chi connectivity index (χ4v) is 3.89. The first-order valence-corrected chi connectivity index (χ1v) is 10.7. The van der Waals surface area contributed by atoms with Crippen LogP contribution in [-0.2, 0) is 4.74 Å². The van der Waals surface area contributed by atoms with E-state index in [2.05, 4.69) is 10.4 Å². The number of nitrogens with zero attached hydrogens (tertiary/aromatic N) is 3. The van der Waals surface area contributed by atoms with Gasteiger partial charge in [0, 0.05) is 36.3 Å². The third-order valence-corrected chi connectivity index (χ3v) is 5.39. The second-order valence-electron chi connectivity index (χ2n) is 8.86. The van der Waals surface area contributed by atoms with Crippen molar-refractivity contribution in [1.29, 1.82) is 0 Å². The Balaban J connectivity index is 1.45. The third-order valence-electron chi connectivity index (χ3n) is 5.39. The predicted octanol–water partition coefficient (Wildman–Crippen LogP) is 4.48. The van der Waals surface area contributed by atoms with Crippen LogP contribution < -0.4 is 10.1 Å². The zero-order chi connectivity index (χ0) is 22.9. The van der Waals surface area contributed by atoms with Crippen molar-refractivity contribution in [2.24, 2.45) is 0 Å². The summed E-state index contributed by atoms with van der Waals surface area (Å²) in [5.41, 5.74) is 0.0251. The third kappa shape index (κ3) is 4.54. The summed E-state index contributed by atoms with van der Waals surface area (Å²) in [6.07, 6.45) is 2.29. The molecule has 0 aliphatic carbocycles. The molecule has 32 heavy (non-hydrogen) atoms. The largest absolute Gasteiger partial charge is 0.496 e. The number of anilines is 1. The Labute approximate surface area is 187 Å². The fourth-order valence-electron chi connectivity index (χ4n) is 3.89.